The summed E-state index contributed by atoms with van der Waals surface area (Å²) in [6.07, 6.45) is 9.58. The third kappa shape index (κ3) is 9.55. The number of aryl methyl sites for hydroxylation is 1. The number of anilines is 1. The second kappa shape index (κ2) is 19.6. The predicted octanol–water partition coefficient (Wildman–Crippen LogP) is 6.58. The lowest BCUT2D eigenvalue weighted by molar-refractivity contribution is -0.150. The molecule has 6 aromatic rings. The standard InChI is InChI=1S/C56H65N11O6S/c1-31(33-10-12-35(13-11-33)47-32(2)59-30-74-47)60-52(72)45-20-39(68)28-67(45)53(73)48(55(3,4)5)61-50(70)36-22-56(23-36)24-38(25-56)65-17-14-34(15-18-65)37-26-57-54(58-27-37)66-19-16-40-42-21-44(41-8-6-7-9-46(41)69)63-64-49(42)62-51(71)43(40)29-66/h6-13,21,26-27,30-31,34,36,38-39,45,48,68-69H,14-20,22-25,28-29H2,1-5H3,(H,60,72)(H,61,70)(H,62,64,71)/t31-,36-,38-,39+,45-,48+,56?/m0/s1. The number of aromatic hydroxyl groups is 1. The van der Waals surface area contributed by atoms with Crippen molar-refractivity contribution in [2.24, 2.45) is 16.7 Å². The van der Waals surface area contributed by atoms with Crippen molar-refractivity contribution in [3.63, 3.8) is 0 Å². The van der Waals surface area contributed by atoms with E-state index in [0.717, 1.165) is 89.8 Å². The first kappa shape index (κ1) is 49.6. The van der Waals surface area contributed by atoms with Crippen LogP contribution in [0, 0.1) is 23.7 Å². The lowest BCUT2D eigenvalue weighted by Crippen LogP contribution is -2.62. The van der Waals surface area contributed by atoms with Crippen LogP contribution in [0.5, 0.6) is 5.75 Å². The first-order valence-corrected chi connectivity index (χ1v) is 27.0. The van der Waals surface area contributed by atoms with Crippen molar-refractivity contribution in [3.05, 3.63) is 111 Å². The Morgan fingerprint density at radius 1 is 0.905 bits per heavy atom. The smallest absolute Gasteiger partial charge is 0.254 e. The molecule has 4 fully saturated rings. The van der Waals surface area contributed by atoms with E-state index in [1.165, 1.54) is 4.90 Å². The number of carbonyl (C=O) groups is 3. The van der Waals surface area contributed by atoms with Gasteiger partial charge in [-0.25, -0.2) is 15.0 Å². The molecule has 3 aliphatic heterocycles. The summed E-state index contributed by atoms with van der Waals surface area (Å²) in [6, 6.07) is 15.4. The van der Waals surface area contributed by atoms with Crippen molar-refractivity contribution in [3.8, 4) is 27.4 Å². The quantitative estimate of drug-likeness (QED) is 0.0926. The number of aliphatic hydroxyl groups excluding tert-OH is 1. The molecule has 5 N–H and O–H groups in total. The lowest BCUT2D eigenvalue weighted by atomic mass is 9.49. The van der Waals surface area contributed by atoms with Crippen LogP contribution in [0.15, 0.2) is 77.3 Å². The Labute approximate surface area is 434 Å². The van der Waals surface area contributed by atoms with Gasteiger partial charge in [0, 0.05) is 60.4 Å². The molecule has 11 rings (SSSR count). The van der Waals surface area contributed by atoms with E-state index in [4.69, 9.17) is 9.97 Å². The molecule has 7 heterocycles. The van der Waals surface area contributed by atoms with Crippen LogP contribution < -0.4 is 21.1 Å². The van der Waals surface area contributed by atoms with E-state index < -0.39 is 23.6 Å². The van der Waals surface area contributed by atoms with Crippen molar-refractivity contribution >= 4 is 46.0 Å². The molecule has 4 aromatic heterocycles. The average molecular weight is 1020 g/mol. The minimum absolute atomic E-state index is 0.0299. The highest BCUT2D eigenvalue weighted by Gasteiger charge is 2.57. The van der Waals surface area contributed by atoms with E-state index in [9.17, 15) is 29.4 Å². The zero-order chi connectivity index (χ0) is 51.6. The van der Waals surface area contributed by atoms with Gasteiger partial charge in [-0.05, 0) is 129 Å². The Balaban J connectivity index is 0.645. The van der Waals surface area contributed by atoms with Crippen molar-refractivity contribution < 1.29 is 24.6 Å². The van der Waals surface area contributed by atoms with Crippen molar-refractivity contribution in [1.29, 1.82) is 0 Å². The summed E-state index contributed by atoms with van der Waals surface area (Å²) in [5.74, 6) is 0.118. The van der Waals surface area contributed by atoms with Gasteiger partial charge in [0.15, 0.2) is 5.65 Å². The van der Waals surface area contributed by atoms with Gasteiger partial charge >= 0.3 is 0 Å². The van der Waals surface area contributed by atoms with E-state index in [0.29, 0.717) is 59.9 Å². The number of β-amino-alcohol motifs (C(OH)–C–C–N with tert-alkyl or cyclic N) is 1. The van der Waals surface area contributed by atoms with Gasteiger partial charge < -0.3 is 40.5 Å². The normalized spacial score (nSPS) is 24.0. The highest BCUT2D eigenvalue weighted by atomic mass is 32.1. The molecule has 1 spiro atoms. The van der Waals surface area contributed by atoms with E-state index in [1.54, 1.807) is 29.5 Å². The second-order valence-electron chi connectivity index (χ2n) is 22.7. The molecule has 386 valence electrons. The van der Waals surface area contributed by atoms with Crippen LogP contribution in [0.1, 0.15) is 113 Å². The number of rotatable bonds is 11. The number of benzene rings is 2. The number of aliphatic hydroxyl groups is 1. The van der Waals surface area contributed by atoms with E-state index >= 15 is 0 Å². The summed E-state index contributed by atoms with van der Waals surface area (Å²) in [5.41, 5.74) is 8.38. The largest absolute Gasteiger partial charge is 0.507 e. The number of aromatic amines is 1. The van der Waals surface area contributed by atoms with Gasteiger partial charge in [0.2, 0.25) is 23.7 Å². The number of para-hydroxylation sites is 1. The molecule has 4 atom stereocenters. The topological polar surface area (TPSA) is 223 Å². The van der Waals surface area contributed by atoms with Crippen LogP contribution in [-0.4, -0.2) is 118 Å². The Hall–Kier alpha value is -6.63. The molecular weight excluding hydrogens is 955 g/mol. The fraction of sp³-hybridized carbons (Fsp3) is 0.482. The van der Waals surface area contributed by atoms with Crippen LogP contribution in [0.2, 0.25) is 0 Å². The van der Waals surface area contributed by atoms with E-state index in [-0.39, 0.29) is 59.4 Å². The molecule has 5 aliphatic rings. The van der Waals surface area contributed by atoms with E-state index in [1.807, 2.05) is 93.8 Å². The number of piperidine rings is 1. The number of nitrogens with zero attached hydrogens (tertiary/aromatic N) is 8. The SMILES string of the molecule is Cc1ncsc1-c1ccc([C@H](C)NC(=O)[C@@H]2C[C@@H](O)CN2C(=O)[C@@H](NC(=O)[C@H]2CC3(C2)C[C@H](N2CCC(c4cnc(N5CCc6c(c(=O)[nH]c7nnc(-c8ccccc8O)cc67)C5)nc4)CC2)C3)C(C)(C)C)cc1. The molecule has 3 amide bonds. The van der Waals surface area contributed by atoms with Crippen LogP contribution in [-0.2, 0) is 27.3 Å². The van der Waals surface area contributed by atoms with Crippen molar-refractivity contribution in [1.82, 2.24) is 50.6 Å². The highest BCUT2D eigenvalue weighted by Crippen LogP contribution is 2.60. The third-order valence-corrected chi connectivity index (χ3v) is 17.7. The number of phenolic OH excluding ortho intramolecular Hbond substituents is 1. The number of H-pyrrole nitrogens is 1. The monoisotopic (exact) mass is 1020 g/mol. The number of amides is 3. The molecule has 74 heavy (non-hydrogen) atoms. The molecule has 2 aromatic carbocycles. The molecule has 2 aliphatic carbocycles. The molecule has 0 bridgehead atoms. The van der Waals surface area contributed by atoms with Gasteiger partial charge in [-0.2, -0.15) is 0 Å². The summed E-state index contributed by atoms with van der Waals surface area (Å²) < 4.78 is 0. The number of phenols is 1. The maximum absolute atomic E-state index is 14.4. The first-order chi connectivity index (χ1) is 35.5. The minimum atomic E-state index is -0.859. The molecule has 17 nitrogen and oxygen atoms in total. The molecule has 18 heteroatoms. The van der Waals surface area contributed by atoms with Crippen LogP contribution in [0.25, 0.3) is 32.7 Å². The lowest BCUT2D eigenvalue weighted by Gasteiger charge is -2.60. The van der Waals surface area contributed by atoms with Gasteiger partial charge in [0.25, 0.3) is 5.56 Å². The molecule has 2 saturated heterocycles. The second-order valence-corrected chi connectivity index (χ2v) is 23.6. The zero-order valence-corrected chi connectivity index (χ0v) is 43.5. The number of carbonyl (C=O) groups excluding carboxylic acids is 3. The van der Waals surface area contributed by atoms with Gasteiger partial charge in [0.1, 0.15) is 17.8 Å². The fourth-order valence-electron chi connectivity index (χ4n) is 12.4. The maximum atomic E-state index is 14.4. The molecular formula is C56H65N11O6S. The predicted molar refractivity (Wildman–Crippen MR) is 282 cm³/mol. The maximum Gasteiger partial charge on any atom is 0.254 e. The van der Waals surface area contributed by atoms with Gasteiger partial charge in [-0.3, -0.25) is 19.2 Å². The Kier molecular flexibility index (Phi) is 13.1. The number of thiazole rings is 1. The first-order valence-electron chi connectivity index (χ1n) is 26.1. The molecule has 0 unspecified atom stereocenters. The van der Waals surface area contributed by atoms with Crippen LogP contribution >= 0.6 is 11.3 Å². The number of hydrogen-bond donors (Lipinski definition) is 5. The van der Waals surface area contributed by atoms with Gasteiger partial charge in [0.05, 0.1) is 40.5 Å². The number of hydrogen-bond acceptors (Lipinski definition) is 14. The van der Waals surface area contributed by atoms with Crippen molar-refractivity contribution in [2.45, 2.75) is 129 Å². The zero-order valence-electron chi connectivity index (χ0n) is 42.7. The summed E-state index contributed by atoms with van der Waals surface area (Å²) in [5, 5.41) is 36.8. The van der Waals surface area contributed by atoms with Gasteiger partial charge in [-0.15, -0.1) is 21.5 Å². The Morgan fingerprint density at radius 2 is 1.64 bits per heavy atom. The summed E-state index contributed by atoms with van der Waals surface area (Å²) in [4.78, 5) is 79.5. The number of likely N-dealkylation sites (tertiary alicyclic amines) is 2. The van der Waals surface area contributed by atoms with Crippen LogP contribution in [0.3, 0.4) is 0 Å². The molecule has 2 saturated carbocycles. The number of fused-ring (bicyclic) bond motifs is 3. The van der Waals surface area contributed by atoms with E-state index in [2.05, 4.69) is 35.7 Å². The van der Waals surface area contributed by atoms with Crippen LogP contribution in [0.4, 0.5) is 5.95 Å². The Bertz CT molecular complexity index is 3150. The molecule has 0 radical (unpaired) electrons. The average Bonchev–Trinajstić information content (AvgIpc) is 3.99. The summed E-state index contributed by atoms with van der Waals surface area (Å²) >= 11 is 1.59. The number of pyridine rings is 1. The Morgan fingerprint density at radius 3 is 2.32 bits per heavy atom. The van der Waals surface area contributed by atoms with Crippen molar-refractivity contribution in [2.75, 3.05) is 31.1 Å². The highest BCUT2D eigenvalue weighted by molar-refractivity contribution is 7.13. The summed E-state index contributed by atoms with van der Waals surface area (Å²) in [7, 11) is 0. The van der Waals surface area contributed by atoms with Gasteiger partial charge in [-0.1, -0.05) is 57.2 Å². The minimum Gasteiger partial charge on any atom is -0.507 e. The number of aromatic nitrogens is 6. The number of nitrogens with one attached hydrogen (secondary N) is 3. The fourth-order valence-corrected chi connectivity index (χ4v) is 13.3. The summed E-state index contributed by atoms with van der Waals surface area (Å²) in [6.45, 7) is 12.7. The third-order valence-electron chi connectivity index (χ3n) is 16.7.